The summed E-state index contributed by atoms with van der Waals surface area (Å²) in [5.41, 5.74) is 0.940. The Kier molecular flexibility index (Phi) is 9.31. The second-order valence-electron chi connectivity index (χ2n) is 7.12. The van der Waals surface area contributed by atoms with E-state index in [1.54, 1.807) is 0 Å². The number of unbranched alkanes of at least 4 members (excludes halogenated alkanes) is 2. The molecule has 1 aliphatic carbocycles. The van der Waals surface area contributed by atoms with E-state index in [0.717, 1.165) is 31.2 Å². The van der Waals surface area contributed by atoms with Gasteiger partial charge in [0, 0.05) is 13.0 Å². The Labute approximate surface area is 166 Å². The Morgan fingerprint density at radius 2 is 1.86 bits per heavy atom. The van der Waals surface area contributed by atoms with Crippen LogP contribution in [-0.2, 0) is 25.7 Å². The van der Waals surface area contributed by atoms with Crippen molar-refractivity contribution in [2.75, 3.05) is 13.7 Å². The second kappa shape index (κ2) is 12.0. The van der Waals surface area contributed by atoms with Gasteiger partial charge in [0.25, 0.3) is 0 Å². The number of benzene rings is 1. The van der Waals surface area contributed by atoms with Crippen LogP contribution in [0.3, 0.4) is 0 Å². The smallest absolute Gasteiger partial charge is 0.407 e. The maximum absolute atomic E-state index is 12.0. The number of methoxy groups -OCH3 is 1. The summed E-state index contributed by atoms with van der Waals surface area (Å²) in [6.07, 6.45) is 5.07. The van der Waals surface area contributed by atoms with E-state index in [-0.39, 0.29) is 18.5 Å². The van der Waals surface area contributed by atoms with E-state index in [9.17, 15) is 14.4 Å². The third kappa shape index (κ3) is 8.88. The Morgan fingerprint density at radius 1 is 1.11 bits per heavy atom. The summed E-state index contributed by atoms with van der Waals surface area (Å²) in [5, 5.41) is 5.48. The topological polar surface area (TPSA) is 93.7 Å². The van der Waals surface area contributed by atoms with E-state index in [2.05, 4.69) is 10.6 Å². The maximum Gasteiger partial charge on any atom is 0.407 e. The van der Waals surface area contributed by atoms with E-state index < -0.39 is 12.1 Å². The highest BCUT2D eigenvalue weighted by atomic mass is 16.5. The molecule has 0 spiro atoms. The van der Waals surface area contributed by atoms with Gasteiger partial charge in [-0.1, -0.05) is 49.6 Å². The van der Waals surface area contributed by atoms with Crippen molar-refractivity contribution in [3.05, 3.63) is 35.9 Å². The number of hydrogen-bond acceptors (Lipinski definition) is 5. The number of nitrogens with one attached hydrogen (secondary N) is 2. The largest absolute Gasteiger partial charge is 0.467 e. The summed E-state index contributed by atoms with van der Waals surface area (Å²) in [5.74, 6) is 0.0156. The first-order valence-electron chi connectivity index (χ1n) is 9.90. The molecule has 1 aromatic carbocycles. The fourth-order valence-electron chi connectivity index (χ4n) is 2.86. The summed E-state index contributed by atoms with van der Waals surface area (Å²) >= 11 is 0. The molecule has 0 aromatic heterocycles. The van der Waals surface area contributed by atoms with Crippen molar-refractivity contribution < 1.29 is 23.9 Å². The minimum absolute atomic E-state index is 0.133. The highest BCUT2D eigenvalue weighted by Gasteiger charge is 2.30. The number of esters is 1. The molecule has 0 bridgehead atoms. The summed E-state index contributed by atoms with van der Waals surface area (Å²) in [4.78, 5) is 35.4. The summed E-state index contributed by atoms with van der Waals surface area (Å²) in [6.45, 7) is 0.747. The lowest BCUT2D eigenvalue weighted by molar-refractivity contribution is -0.145. The fraction of sp³-hybridized carbons (Fsp3) is 0.571. The Bertz CT molecular complexity index is 631. The van der Waals surface area contributed by atoms with Gasteiger partial charge >= 0.3 is 12.1 Å². The molecular formula is C21H30N2O5. The molecule has 2 amide bonds. The SMILES string of the molecule is COC(=O)[C@@H](CC1CC1)NC(=O)CCCCCNC(=O)OCc1ccccc1. The number of rotatable bonds is 12. The van der Waals surface area contributed by atoms with Crippen molar-refractivity contribution in [2.45, 2.75) is 57.6 Å². The van der Waals surface area contributed by atoms with Crippen LogP contribution < -0.4 is 10.6 Å². The average molecular weight is 390 g/mol. The number of alkyl carbamates (subject to hydrolysis) is 1. The van der Waals surface area contributed by atoms with Gasteiger partial charge in [-0.15, -0.1) is 0 Å². The molecule has 7 heteroatoms. The van der Waals surface area contributed by atoms with Crippen LogP contribution in [0.1, 0.15) is 50.5 Å². The normalized spacial score (nSPS) is 14.0. The number of carbonyl (C=O) groups excluding carboxylic acids is 3. The molecule has 0 saturated heterocycles. The van der Waals surface area contributed by atoms with Crippen LogP contribution in [0.2, 0.25) is 0 Å². The quantitative estimate of drug-likeness (QED) is 0.423. The molecule has 7 nitrogen and oxygen atoms in total. The molecule has 0 heterocycles. The molecule has 1 saturated carbocycles. The fourth-order valence-corrected chi connectivity index (χ4v) is 2.86. The molecule has 1 aromatic rings. The predicted molar refractivity (Wildman–Crippen MR) is 104 cm³/mol. The molecule has 0 radical (unpaired) electrons. The van der Waals surface area contributed by atoms with Gasteiger partial charge in [-0.3, -0.25) is 4.79 Å². The van der Waals surface area contributed by atoms with Gasteiger partial charge in [0.2, 0.25) is 5.91 Å². The zero-order chi connectivity index (χ0) is 20.2. The number of carbonyl (C=O) groups is 3. The third-order valence-electron chi connectivity index (χ3n) is 4.65. The zero-order valence-corrected chi connectivity index (χ0v) is 16.4. The molecule has 0 aliphatic heterocycles. The van der Waals surface area contributed by atoms with Gasteiger partial charge in [-0.05, 0) is 30.7 Å². The van der Waals surface area contributed by atoms with Gasteiger partial charge in [0.05, 0.1) is 7.11 Å². The van der Waals surface area contributed by atoms with Crippen LogP contribution in [0, 0.1) is 5.92 Å². The Morgan fingerprint density at radius 3 is 2.54 bits per heavy atom. The van der Waals surface area contributed by atoms with Gasteiger partial charge in [0.1, 0.15) is 12.6 Å². The molecule has 2 N–H and O–H groups in total. The van der Waals surface area contributed by atoms with E-state index in [4.69, 9.17) is 9.47 Å². The van der Waals surface area contributed by atoms with Crippen LogP contribution in [0.5, 0.6) is 0 Å². The van der Waals surface area contributed by atoms with Crippen molar-refractivity contribution in [2.24, 2.45) is 5.92 Å². The monoisotopic (exact) mass is 390 g/mol. The highest BCUT2D eigenvalue weighted by Crippen LogP contribution is 2.33. The molecule has 0 unspecified atom stereocenters. The van der Waals surface area contributed by atoms with E-state index in [1.165, 1.54) is 7.11 Å². The minimum Gasteiger partial charge on any atom is -0.467 e. The molecule has 1 fully saturated rings. The Balaban J connectivity index is 1.50. The summed E-state index contributed by atoms with van der Waals surface area (Å²) in [6, 6.07) is 8.96. The van der Waals surface area contributed by atoms with Gasteiger partial charge in [-0.25, -0.2) is 9.59 Å². The van der Waals surface area contributed by atoms with E-state index >= 15 is 0 Å². The first kappa shape index (κ1) is 21.7. The minimum atomic E-state index is -0.536. The lowest BCUT2D eigenvalue weighted by Gasteiger charge is -2.16. The van der Waals surface area contributed by atoms with Crippen molar-refractivity contribution >= 4 is 18.0 Å². The van der Waals surface area contributed by atoms with Crippen molar-refractivity contribution in [1.29, 1.82) is 0 Å². The van der Waals surface area contributed by atoms with Crippen LogP contribution >= 0.6 is 0 Å². The lowest BCUT2D eigenvalue weighted by atomic mass is 10.1. The first-order valence-corrected chi connectivity index (χ1v) is 9.90. The molecule has 154 valence electrons. The van der Waals surface area contributed by atoms with E-state index in [0.29, 0.717) is 31.7 Å². The number of ether oxygens (including phenoxy) is 2. The summed E-state index contributed by atoms with van der Waals surface area (Å²) in [7, 11) is 1.34. The Hall–Kier alpha value is -2.57. The van der Waals surface area contributed by atoms with Crippen LogP contribution in [0.4, 0.5) is 4.79 Å². The van der Waals surface area contributed by atoms with Crippen LogP contribution in [0.15, 0.2) is 30.3 Å². The lowest BCUT2D eigenvalue weighted by Crippen LogP contribution is -2.41. The van der Waals surface area contributed by atoms with Crippen LogP contribution in [0.25, 0.3) is 0 Å². The molecule has 1 atom stereocenters. The maximum atomic E-state index is 12.0. The number of amides is 2. The number of hydrogen-bond donors (Lipinski definition) is 2. The van der Waals surface area contributed by atoms with Crippen molar-refractivity contribution in [3.63, 3.8) is 0 Å². The first-order chi connectivity index (χ1) is 13.6. The van der Waals surface area contributed by atoms with Crippen molar-refractivity contribution in [3.8, 4) is 0 Å². The van der Waals surface area contributed by atoms with Gasteiger partial charge < -0.3 is 20.1 Å². The van der Waals surface area contributed by atoms with E-state index in [1.807, 2.05) is 30.3 Å². The van der Waals surface area contributed by atoms with Crippen LogP contribution in [-0.4, -0.2) is 37.7 Å². The molecule has 2 rings (SSSR count). The summed E-state index contributed by atoms with van der Waals surface area (Å²) < 4.78 is 9.89. The predicted octanol–water partition coefficient (Wildman–Crippen LogP) is 2.93. The zero-order valence-electron chi connectivity index (χ0n) is 16.4. The third-order valence-corrected chi connectivity index (χ3v) is 4.65. The van der Waals surface area contributed by atoms with Gasteiger partial charge in [-0.2, -0.15) is 0 Å². The molecule has 1 aliphatic rings. The molecule has 28 heavy (non-hydrogen) atoms. The van der Waals surface area contributed by atoms with Gasteiger partial charge in [0.15, 0.2) is 0 Å². The standard InChI is InChI=1S/C21H30N2O5/c1-27-20(25)18(14-16-11-12-16)23-19(24)10-6-3-7-13-22-21(26)28-15-17-8-4-2-5-9-17/h2,4-5,8-9,16,18H,3,6-7,10-15H2,1H3,(H,22,26)(H,23,24)/t18-/m1/s1. The van der Waals surface area contributed by atoms with Crippen molar-refractivity contribution in [1.82, 2.24) is 10.6 Å². The molecular weight excluding hydrogens is 360 g/mol. The second-order valence-corrected chi connectivity index (χ2v) is 7.12. The highest BCUT2D eigenvalue weighted by molar-refractivity contribution is 5.84. The average Bonchev–Trinajstić information content (AvgIpc) is 3.52.